The molecular formula is C12H11N5S. The Morgan fingerprint density at radius 2 is 2.11 bits per heavy atom. The predicted molar refractivity (Wildman–Crippen MR) is 70.8 cm³/mol. The van der Waals surface area contributed by atoms with E-state index in [2.05, 4.69) is 20.4 Å². The second kappa shape index (κ2) is 4.97. The number of hydrogen-bond acceptors (Lipinski definition) is 5. The molecule has 0 saturated carbocycles. The first-order chi connectivity index (χ1) is 8.92. The third-order valence-corrected chi connectivity index (χ3v) is 3.14. The first kappa shape index (κ1) is 10.9. The van der Waals surface area contributed by atoms with Crippen molar-refractivity contribution in [1.29, 1.82) is 0 Å². The Morgan fingerprint density at radius 1 is 1.22 bits per heavy atom. The van der Waals surface area contributed by atoms with Crippen molar-refractivity contribution in [2.75, 3.05) is 5.32 Å². The van der Waals surface area contributed by atoms with E-state index in [1.165, 1.54) is 6.33 Å². The zero-order valence-electron chi connectivity index (χ0n) is 9.52. The van der Waals surface area contributed by atoms with Gasteiger partial charge >= 0.3 is 0 Å². The highest BCUT2D eigenvalue weighted by atomic mass is 32.1. The lowest BCUT2D eigenvalue weighted by molar-refractivity contribution is 0.879. The molecular weight excluding hydrogens is 246 g/mol. The van der Waals surface area contributed by atoms with Gasteiger partial charge in [0.2, 0.25) is 0 Å². The molecule has 0 radical (unpaired) electrons. The number of rotatable bonds is 4. The largest absolute Gasteiger partial charge is 0.379 e. The van der Waals surface area contributed by atoms with Crippen LogP contribution in [0.5, 0.6) is 0 Å². The summed E-state index contributed by atoms with van der Waals surface area (Å²) in [5.41, 5.74) is 4.95. The van der Waals surface area contributed by atoms with E-state index < -0.39 is 0 Å². The van der Waals surface area contributed by atoms with Crippen LogP contribution in [0.15, 0.2) is 47.8 Å². The molecule has 2 heterocycles. The van der Waals surface area contributed by atoms with E-state index in [0.29, 0.717) is 0 Å². The fourth-order valence-electron chi connectivity index (χ4n) is 1.59. The first-order valence-corrected chi connectivity index (χ1v) is 6.42. The average molecular weight is 257 g/mol. The lowest BCUT2D eigenvalue weighted by Crippen LogP contribution is -2.00. The van der Waals surface area contributed by atoms with Crippen LogP contribution >= 0.6 is 11.3 Å². The second-order valence-electron chi connectivity index (χ2n) is 3.72. The third kappa shape index (κ3) is 2.38. The summed E-state index contributed by atoms with van der Waals surface area (Å²) >= 11 is 1.61. The molecule has 3 rings (SSSR count). The summed E-state index contributed by atoms with van der Waals surface area (Å²) < 4.78 is 1.73. The normalized spacial score (nSPS) is 10.4. The van der Waals surface area contributed by atoms with Crippen molar-refractivity contribution in [3.05, 3.63) is 53.5 Å². The molecule has 0 aliphatic carbocycles. The van der Waals surface area contributed by atoms with Crippen LogP contribution < -0.4 is 5.32 Å². The van der Waals surface area contributed by atoms with Gasteiger partial charge in [0.05, 0.1) is 23.4 Å². The first-order valence-electron chi connectivity index (χ1n) is 5.48. The summed E-state index contributed by atoms with van der Waals surface area (Å²) in [4.78, 5) is 8.14. The Kier molecular flexibility index (Phi) is 3.01. The van der Waals surface area contributed by atoms with Crippen LogP contribution in [0, 0.1) is 0 Å². The van der Waals surface area contributed by atoms with Crippen molar-refractivity contribution in [2.24, 2.45) is 0 Å². The molecule has 0 unspecified atom stereocenters. The predicted octanol–water partition coefficient (Wildman–Crippen LogP) is 2.34. The van der Waals surface area contributed by atoms with Gasteiger partial charge in [0.15, 0.2) is 0 Å². The molecule has 0 fully saturated rings. The highest BCUT2D eigenvalue weighted by molar-refractivity contribution is 7.07. The Balaban J connectivity index is 1.68. The van der Waals surface area contributed by atoms with Gasteiger partial charge in [0.1, 0.15) is 12.7 Å². The monoisotopic (exact) mass is 257 g/mol. The molecule has 0 aliphatic heterocycles. The summed E-state index contributed by atoms with van der Waals surface area (Å²) in [5.74, 6) is 0. The summed E-state index contributed by atoms with van der Waals surface area (Å²) in [6.45, 7) is 0.742. The van der Waals surface area contributed by atoms with Crippen LogP contribution in [0.1, 0.15) is 5.69 Å². The van der Waals surface area contributed by atoms with Gasteiger partial charge in [-0.2, -0.15) is 5.10 Å². The Hall–Kier alpha value is -2.21. The van der Waals surface area contributed by atoms with Crippen molar-refractivity contribution < 1.29 is 0 Å². The van der Waals surface area contributed by atoms with Crippen molar-refractivity contribution in [3.63, 3.8) is 0 Å². The summed E-state index contributed by atoms with van der Waals surface area (Å²) in [6, 6.07) is 8.03. The van der Waals surface area contributed by atoms with E-state index in [9.17, 15) is 0 Å². The average Bonchev–Trinajstić information content (AvgIpc) is 3.10. The number of nitrogens with zero attached hydrogens (tertiary/aromatic N) is 4. The molecule has 18 heavy (non-hydrogen) atoms. The van der Waals surface area contributed by atoms with Gasteiger partial charge < -0.3 is 5.32 Å². The van der Waals surface area contributed by atoms with Gasteiger partial charge in [-0.15, -0.1) is 11.3 Å². The van der Waals surface area contributed by atoms with E-state index >= 15 is 0 Å². The molecule has 1 N–H and O–H groups in total. The molecule has 1 aromatic carbocycles. The number of thiazole rings is 1. The molecule has 0 saturated heterocycles. The summed E-state index contributed by atoms with van der Waals surface area (Å²) in [6.07, 6.45) is 3.20. The standard InChI is InChI=1S/C12H11N5S/c1-3-12(17-8-13-7-16-17)4-2-10(1)14-5-11-6-18-9-15-11/h1-4,6-9,14H,5H2. The Bertz CT molecular complexity index is 586. The van der Waals surface area contributed by atoms with E-state index in [1.807, 2.05) is 35.2 Å². The fraction of sp³-hybridized carbons (Fsp3) is 0.0833. The van der Waals surface area contributed by atoms with Crippen molar-refractivity contribution in [2.45, 2.75) is 6.54 Å². The van der Waals surface area contributed by atoms with Gasteiger partial charge in [0, 0.05) is 11.1 Å². The maximum atomic E-state index is 4.22. The van der Waals surface area contributed by atoms with E-state index in [0.717, 1.165) is 23.6 Å². The van der Waals surface area contributed by atoms with Gasteiger partial charge in [-0.3, -0.25) is 0 Å². The number of nitrogens with one attached hydrogen (secondary N) is 1. The van der Waals surface area contributed by atoms with E-state index in [4.69, 9.17) is 0 Å². The Morgan fingerprint density at radius 3 is 2.78 bits per heavy atom. The molecule has 5 nitrogen and oxygen atoms in total. The summed E-state index contributed by atoms with van der Waals surface area (Å²) in [5, 5.41) is 9.44. The van der Waals surface area contributed by atoms with Crippen molar-refractivity contribution >= 4 is 17.0 Å². The maximum Gasteiger partial charge on any atom is 0.138 e. The van der Waals surface area contributed by atoms with E-state index in [1.54, 1.807) is 22.3 Å². The maximum absolute atomic E-state index is 4.22. The molecule has 0 amide bonds. The van der Waals surface area contributed by atoms with Crippen LogP contribution in [0.4, 0.5) is 5.69 Å². The number of anilines is 1. The second-order valence-corrected chi connectivity index (χ2v) is 4.44. The molecule has 6 heteroatoms. The highest BCUT2D eigenvalue weighted by Gasteiger charge is 1.98. The molecule has 0 aliphatic rings. The SMILES string of the molecule is c1ncn(-c2ccc(NCc3cscn3)cc2)n1. The molecule has 0 bridgehead atoms. The minimum absolute atomic E-state index is 0.742. The fourth-order valence-corrected chi connectivity index (χ4v) is 2.15. The van der Waals surface area contributed by atoms with Crippen molar-refractivity contribution in [1.82, 2.24) is 19.7 Å². The summed E-state index contributed by atoms with van der Waals surface area (Å²) in [7, 11) is 0. The topological polar surface area (TPSA) is 55.6 Å². The molecule has 3 aromatic rings. The van der Waals surface area contributed by atoms with Gasteiger partial charge in [-0.05, 0) is 24.3 Å². The van der Waals surface area contributed by atoms with Crippen LogP contribution in [-0.4, -0.2) is 19.7 Å². The van der Waals surface area contributed by atoms with Crippen LogP contribution in [0.3, 0.4) is 0 Å². The van der Waals surface area contributed by atoms with Gasteiger partial charge in [0.25, 0.3) is 0 Å². The minimum atomic E-state index is 0.742. The van der Waals surface area contributed by atoms with Crippen molar-refractivity contribution in [3.8, 4) is 5.69 Å². The minimum Gasteiger partial charge on any atom is -0.379 e. The number of hydrogen-bond donors (Lipinski definition) is 1. The van der Waals surface area contributed by atoms with E-state index in [-0.39, 0.29) is 0 Å². The lowest BCUT2D eigenvalue weighted by atomic mass is 10.3. The zero-order chi connectivity index (χ0) is 12.2. The number of benzene rings is 1. The van der Waals surface area contributed by atoms with Gasteiger partial charge in [-0.25, -0.2) is 14.6 Å². The zero-order valence-corrected chi connectivity index (χ0v) is 10.3. The Labute approximate surface area is 108 Å². The molecule has 0 atom stereocenters. The smallest absolute Gasteiger partial charge is 0.138 e. The molecule has 0 spiro atoms. The van der Waals surface area contributed by atoms with Crippen LogP contribution in [-0.2, 0) is 6.54 Å². The molecule has 90 valence electrons. The lowest BCUT2D eigenvalue weighted by Gasteiger charge is -2.05. The number of aromatic nitrogens is 4. The van der Waals surface area contributed by atoms with Crippen LogP contribution in [0.2, 0.25) is 0 Å². The molecule has 2 aromatic heterocycles. The van der Waals surface area contributed by atoms with Crippen LogP contribution in [0.25, 0.3) is 5.69 Å². The highest BCUT2D eigenvalue weighted by Crippen LogP contribution is 2.13. The van der Waals surface area contributed by atoms with Gasteiger partial charge in [-0.1, -0.05) is 0 Å². The quantitative estimate of drug-likeness (QED) is 0.779. The third-order valence-electron chi connectivity index (χ3n) is 2.51.